The van der Waals surface area contributed by atoms with Crippen LogP contribution in [0.3, 0.4) is 0 Å². The summed E-state index contributed by atoms with van der Waals surface area (Å²) in [4.78, 5) is 1.81. The summed E-state index contributed by atoms with van der Waals surface area (Å²) in [7, 11) is -0.226. The maximum atomic E-state index is 7.84. The van der Waals surface area contributed by atoms with E-state index in [9.17, 15) is 0 Å². The number of unbranched alkanes of at least 4 members (excludes halogenated alkanes) is 7. The van der Waals surface area contributed by atoms with E-state index in [0.717, 1.165) is 13.0 Å². The van der Waals surface area contributed by atoms with Crippen LogP contribution in [0.15, 0.2) is 91.0 Å². The molecule has 0 fully saturated rings. The van der Waals surface area contributed by atoms with Crippen molar-refractivity contribution in [1.29, 1.82) is 10.8 Å². The monoisotopic (exact) mass is 517 g/mol. The first-order valence-electron chi connectivity index (χ1n) is 13.6. The van der Waals surface area contributed by atoms with Gasteiger partial charge in [0, 0.05) is 0 Å². The predicted octanol–water partition coefficient (Wildman–Crippen LogP) is 5.18. The van der Waals surface area contributed by atoms with Crippen LogP contribution in [0.1, 0.15) is 51.4 Å². The molecule has 3 rings (SSSR count). The van der Waals surface area contributed by atoms with Crippen LogP contribution in [-0.2, 0) is 0 Å². The van der Waals surface area contributed by atoms with E-state index >= 15 is 0 Å². The fraction of sp³-hybridized carbons (Fsp3) is 0.355. The Morgan fingerprint density at radius 2 is 1.03 bits per heavy atom. The molecule has 3 aromatic rings. The summed E-state index contributed by atoms with van der Waals surface area (Å²) in [5, 5.41) is 22.1. The molecule has 0 atom stereocenters. The van der Waals surface area contributed by atoms with Gasteiger partial charge in [0.15, 0.2) is 5.96 Å². The van der Waals surface area contributed by atoms with Crippen LogP contribution < -0.4 is 27.0 Å². The topological polar surface area (TPSA) is 89.0 Å². The summed E-state index contributed by atoms with van der Waals surface area (Å²) in [5.74, 6) is 0.00157. The number of nitrogens with one attached hydrogen (secondary N) is 3. The number of nitrogens with zero attached hydrogens (tertiary/aromatic N) is 1. The molecule has 5 N–H and O–H groups in total. The molecule has 0 bridgehead atoms. The molecule has 0 heterocycles. The SMILES string of the molecule is CN(CCCCCCCCCC[PH](c1ccccc1)(c1ccccc1)c1ccccc1)C(=N)NC(=N)N. The molecule has 0 aliphatic heterocycles. The van der Waals surface area contributed by atoms with Gasteiger partial charge in [-0.25, -0.2) is 0 Å². The van der Waals surface area contributed by atoms with E-state index in [0.29, 0.717) is 0 Å². The van der Waals surface area contributed by atoms with Crippen molar-refractivity contribution in [2.24, 2.45) is 5.73 Å². The van der Waals surface area contributed by atoms with Crippen molar-refractivity contribution in [3.63, 3.8) is 0 Å². The van der Waals surface area contributed by atoms with Gasteiger partial charge < -0.3 is 5.73 Å². The van der Waals surface area contributed by atoms with Crippen LogP contribution in [0.25, 0.3) is 0 Å². The molecule has 0 aliphatic rings. The summed E-state index contributed by atoms with van der Waals surface area (Å²) in [5.41, 5.74) is 5.29. The molecule has 198 valence electrons. The average molecular weight is 518 g/mol. The summed E-state index contributed by atoms with van der Waals surface area (Å²) < 4.78 is 0. The molecule has 5 nitrogen and oxygen atoms in total. The molecule has 0 saturated heterocycles. The molecule has 0 aromatic heterocycles. The van der Waals surface area contributed by atoms with Gasteiger partial charge in [-0.1, -0.05) is 0 Å². The van der Waals surface area contributed by atoms with Gasteiger partial charge in [-0.3, -0.25) is 16.1 Å². The zero-order chi connectivity index (χ0) is 26.3. The Morgan fingerprint density at radius 1 is 0.649 bits per heavy atom. The fourth-order valence-corrected chi connectivity index (χ4v) is 10.2. The van der Waals surface area contributed by atoms with Crippen molar-refractivity contribution in [3.05, 3.63) is 91.0 Å². The molecule has 37 heavy (non-hydrogen) atoms. The standard InChI is InChI=1S/C31H44N5P/c1-36(31(34)35-30(32)33)25-17-6-4-2-3-5-7-18-26-37(27-19-11-8-12-20-27,28-21-13-9-14-22-28)29-23-15-10-16-24-29/h8-16,19-24,37H,2-7,17-18,25-26H2,1H3,(H5,32,33,34,35). The zero-order valence-electron chi connectivity index (χ0n) is 22.3. The van der Waals surface area contributed by atoms with Crippen LogP contribution >= 0.6 is 7.26 Å². The maximum absolute atomic E-state index is 7.84. The first-order chi connectivity index (χ1) is 18.0. The van der Waals surface area contributed by atoms with Crippen LogP contribution in [0.4, 0.5) is 0 Å². The van der Waals surface area contributed by atoms with Crippen molar-refractivity contribution in [3.8, 4) is 0 Å². The molecule has 0 aliphatic carbocycles. The fourth-order valence-electron chi connectivity index (χ4n) is 5.24. The third-order valence-corrected chi connectivity index (χ3v) is 12.3. The summed E-state index contributed by atoms with van der Waals surface area (Å²) in [6.45, 7) is 0.810. The minimum Gasteiger partial charge on any atom is -0.370 e. The first kappa shape index (κ1) is 28.4. The van der Waals surface area contributed by atoms with Gasteiger partial charge in [0.25, 0.3) is 0 Å². The van der Waals surface area contributed by atoms with Gasteiger partial charge in [-0.2, -0.15) is 0 Å². The number of nitrogens with two attached hydrogens (primary N) is 1. The predicted molar refractivity (Wildman–Crippen MR) is 164 cm³/mol. The second-order valence-electron chi connectivity index (χ2n) is 9.89. The molecular weight excluding hydrogens is 473 g/mol. The molecule has 3 aromatic carbocycles. The van der Waals surface area contributed by atoms with E-state index in [4.69, 9.17) is 16.6 Å². The van der Waals surface area contributed by atoms with Gasteiger partial charge in [-0.15, -0.1) is 0 Å². The van der Waals surface area contributed by atoms with Gasteiger partial charge in [0.05, 0.1) is 0 Å². The van der Waals surface area contributed by atoms with Crippen molar-refractivity contribution in [2.45, 2.75) is 51.4 Å². The second kappa shape index (κ2) is 15.2. The minimum absolute atomic E-state index is 0.187. The Kier molecular flexibility index (Phi) is 11.6. The summed E-state index contributed by atoms with van der Waals surface area (Å²) in [6.07, 6.45) is 11.1. The number of guanidine groups is 2. The number of hydrogen-bond acceptors (Lipinski definition) is 2. The van der Waals surface area contributed by atoms with Gasteiger partial charge >= 0.3 is 196 Å². The summed E-state index contributed by atoms with van der Waals surface area (Å²) in [6, 6.07) is 33.7. The molecular formula is C31H44N5P. The number of rotatable bonds is 14. The second-order valence-corrected chi connectivity index (χ2v) is 13.9. The van der Waals surface area contributed by atoms with E-state index in [-0.39, 0.29) is 11.9 Å². The molecule has 0 radical (unpaired) electrons. The number of hydrogen-bond donors (Lipinski definition) is 4. The van der Waals surface area contributed by atoms with Crippen molar-refractivity contribution in [2.75, 3.05) is 19.8 Å². The average Bonchev–Trinajstić information content (AvgIpc) is 2.93. The molecule has 0 unspecified atom stereocenters. The van der Waals surface area contributed by atoms with E-state index in [2.05, 4.69) is 96.3 Å². The quantitative estimate of drug-likeness (QED) is 0.103. The Morgan fingerprint density at radius 3 is 1.43 bits per heavy atom. The Bertz CT molecular complexity index is 976. The van der Waals surface area contributed by atoms with E-state index in [1.54, 1.807) is 0 Å². The van der Waals surface area contributed by atoms with Gasteiger partial charge in [0.2, 0.25) is 0 Å². The summed E-state index contributed by atoms with van der Waals surface area (Å²) >= 11 is 0. The normalized spacial score (nSPS) is 11.6. The Labute approximate surface area is 223 Å². The van der Waals surface area contributed by atoms with Gasteiger partial charge in [0.1, 0.15) is 0 Å². The number of benzene rings is 3. The van der Waals surface area contributed by atoms with Crippen LogP contribution in [0, 0.1) is 10.8 Å². The van der Waals surface area contributed by atoms with E-state index in [1.807, 2.05) is 11.9 Å². The Balaban J connectivity index is 1.50. The minimum atomic E-state index is -2.09. The first-order valence-corrected chi connectivity index (χ1v) is 15.8. The van der Waals surface area contributed by atoms with E-state index in [1.165, 1.54) is 67.0 Å². The zero-order valence-corrected chi connectivity index (χ0v) is 23.3. The molecule has 0 amide bonds. The van der Waals surface area contributed by atoms with Crippen molar-refractivity contribution < 1.29 is 0 Å². The van der Waals surface area contributed by atoms with Gasteiger partial charge in [-0.05, 0) is 0 Å². The van der Waals surface area contributed by atoms with E-state index < -0.39 is 7.26 Å². The van der Waals surface area contributed by atoms with Crippen LogP contribution in [0.2, 0.25) is 0 Å². The third kappa shape index (κ3) is 8.43. The molecule has 0 spiro atoms. The van der Waals surface area contributed by atoms with Crippen LogP contribution in [-0.4, -0.2) is 36.6 Å². The van der Waals surface area contributed by atoms with Crippen molar-refractivity contribution in [1.82, 2.24) is 10.2 Å². The van der Waals surface area contributed by atoms with Crippen molar-refractivity contribution >= 4 is 35.1 Å². The molecule has 0 saturated carbocycles. The smallest absolute Gasteiger partial charge is 0.370 e. The Hall–Kier alpha value is -3.17. The third-order valence-electron chi connectivity index (χ3n) is 7.23. The van der Waals surface area contributed by atoms with Crippen LogP contribution in [0.5, 0.6) is 0 Å². The molecule has 6 heteroatoms.